The van der Waals surface area contributed by atoms with E-state index in [0.29, 0.717) is 0 Å². The highest BCUT2D eigenvalue weighted by atomic mass is 19.1. The van der Waals surface area contributed by atoms with Crippen molar-refractivity contribution in [3.8, 4) is 0 Å². The molecule has 0 fully saturated rings. The number of nitrogens with zero attached hydrogens (tertiary/aromatic N) is 1. The summed E-state index contributed by atoms with van der Waals surface area (Å²) >= 11 is 0. The Labute approximate surface area is 74.7 Å². The zero-order valence-electron chi connectivity index (χ0n) is 7.03. The summed E-state index contributed by atoms with van der Waals surface area (Å²) in [5.74, 6) is -0.455. The molecule has 0 aromatic heterocycles. The maximum absolute atomic E-state index is 12.9. The second-order valence-electron chi connectivity index (χ2n) is 2.46. The number of hydrogen-bond donors (Lipinski definition) is 0. The predicted molar refractivity (Wildman–Crippen MR) is 47.8 cm³/mol. The van der Waals surface area contributed by atoms with Crippen molar-refractivity contribution >= 4 is 11.8 Å². The van der Waals surface area contributed by atoms with Crippen molar-refractivity contribution < 1.29 is 9.31 Å². The maximum atomic E-state index is 12.9. The van der Waals surface area contributed by atoms with E-state index in [1.165, 1.54) is 12.1 Å². The standard InChI is InChI=1S/C9H8FNO2/c1-2-3-7-6-8(11(12)13)4-5-9(7)10/h2-6H,1H3/b3-2-. The predicted octanol–water partition coefficient (Wildman–Crippen LogP) is 2.77. The Kier molecular flexibility index (Phi) is 2.74. The molecule has 1 rings (SSSR count). The number of nitro benzene ring substituents is 1. The molecular weight excluding hydrogens is 173 g/mol. The molecule has 4 heteroatoms. The van der Waals surface area contributed by atoms with Gasteiger partial charge in [-0.05, 0) is 13.0 Å². The van der Waals surface area contributed by atoms with Gasteiger partial charge in [0.2, 0.25) is 0 Å². The zero-order valence-corrected chi connectivity index (χ0v) is 7.03. The Morgan fingerprint density at radius 2 is 2.23 bits per heavy atom. The fraction of sp³-hybridized carbons (Fsp3) is 0.111. The average Bonchev–Trinajstić information content (AvgIpc) is 2.08. The fourth-order valence-electron chi connectivity index (χ4n) is 0.952. The Bertz CT molecular complexity index is 361. The van der Waals surface area contributed by atoms with Crippen molar-refractivity contribution in [3.63, 3.8) is 0 Å². The quantitative estimate of drug-likeness (QED) is 0.520. The largest absolute Gasteiger partial charge is 0.270 e. The van der Waals surface area contributed by atoms with Gasteiger partial charge in [0.15, 0.2) is 0 Å². The highest BCUT2D eigenvalue weighted by Crippen LogP contribution is 2.17. The van der Waals surface area contributed by atoms with E-state index in [1.54, 1.807) is 13.0 Å². The number of benzene rings is 1. The summed E-state index contributed by atoms with van der Waals surface area (Å²) in [5.41, 5.74) is 0.131. The van der Waals surface area contributed by atoms with E-state index in [4.69, 9.17) is 0 Å². The smallest absolute Gasteiger partial charge is 0.258 e. The molecule has 3 nitrogen and oxygen atoms in total. The first-order valence-corrected chi connectivity index (χ1v) is 3.72. The van der Waals surface area contributed by atoms with Gasteiger partial charge >= 0.3 is 0 Å². The van der Waals surface area contributed by atoms with Crippen molar-refractivity contribution in [2.75, 3.05) is 0 Å². The van der Waals surface area contributed by atoms with Crippen molar-refractivity contribution in [2.45, 2.75) is 6.92 Å². The Balaban J connectivity index is 3.18. The van der Waals surface area contributed by atoms with Gasteiger partial charge < -0.3 is 0 Å². The van der Waals surface area contributed by atoms with E-state index in [0.717, 1.165) is 12.1 Å². The number of nitro groups is 1. The van der Waals surface area contributed by atoms with Crippen LogP contribution in [0, 0.1) is 15.9 Å². The monoisotopic (exact) mass is 181 g/mol. The fourth-order valence-corrected chi connectivity index (χ4v) is 0.952. The molecule has 0 bridgehead atoms. The van der Waals surface area contributed by atoms with Crippen molar-refractivity contribution in [2.24, 2.45) is 0 Å². The van der Waals surface area contributed by atoms with Gasteiger partial charge in [-0.15, -0.1) is 0 Å². The molecule has 0 saturated carbocycles. The Morgan fingerprint density at radius 3 is 2.77 bits per heavy atom. The van der Waals surface area contributed by atoms with E-state index in [2.05, 4.69) is 0 Å². The lowest BCUT2D eigenvalue weighted by Crippen LogP contribution is -1.90. The molecule has 1 aromatic carbocycles. The molecule has 0 aliphatic rings. The first-order chi connectivity index (χ1) is 6.15. The van der Waals surface area contributed by atoms with E-state index < -0.39 is 10.7 Å². The van der Waals surface area contributed by atoms with Crippen LogP contribution in [0.1, 0.15) is 12.5 Å². The van der Waals surface area contributed by atoms with Crippen LogP contribution in [0.15, 0.2) is 24.3 Å². The number of halogens is 1. The van der Waals surface area contributed by atoms with E-state index >= 15 is 0 Å². The van der Waals surface area contributed by atoms with Crippen LogP contribution in [0.4, 0.5) is 10.1 Å². The Morgan fingerprint density at radius 1 is 1.54 bits per heavy atom. The molecular formula is C9H8FNO2. The molecule has 0 aliphatic heterocycles. The molecule has 0 unspecified atom stereocenters. The number of hydrogen-bond acceptors (Lipinski definition) is 2. The lowest BCUT2D eigenvalue weighted by Gasteiger charge is -1.96. The SMILES string of the molecule is C/C=C\c1cc([N+](=O)[O-])ccc1F. The van der Waals surface area contributed by atoms with Gasteiger partial charge in [-0.2, -0.15) is 0 Å². The van der Waals surface area contributed by atoms with Crippen LogP contribution in [-0.4, -0.2) is 4.92 Å². The summed E-state index contributed by atoms with van der Waals surface area (Å²) in [7, 11) is 0. The summed E-state index contributed by atoms with van der Waals surface area (Å²) < 4.78 is 12.9. The second kappa shape index (κ2) is 3.80. The summed E-state index contributed by atoms with van der Waals surface area (Å²) in [4.78, 5) is 9.78. The number of allylic oxidation sites excluding steroid dienone is 1. The normalized spacial score (nSPS) is 10.6. The highest BCUT2D eigenvalue weighted by molar-refractivity contribution is 5.53. The molecule has 0 radical (unpaired) electrons. The van der Waals surface area contributed by atoms with Gasteiger partial charge in [0.05, 0.1) is 4.92 Å². The lowest BCUT2D eigenvalue weighted by molar-refractivity contribution is -0.384. The minimum Gasteiger partial charge on any atom is -0.258 e. The van der Waals surface area contributed by atoms with E-state index in [9.17, 15) is 14.5 Å². The van der Waals surface area contributed by atoms with Crippen LogP contribution in [0.5, 0.6) is 0 Å². The van der Waals surface area contributed by atoms with Gasteiger partial charge in [0.1, 0.15) is 5.82 Å². The summed E-state index contributed by atoms with van der Waals surface area (Å²) in [6.45, 7) is 1.72. The maximum Gasteiger partial charge on any atom is 0.270 e. The van der Waals surface area contributed by atoms with Crippen molar-refractivity contribution in [3.05, 3.63) is 45.8 Å². The van der Waals surface area contributed by atoms with E-state index in [-0.39, 0.29) is 11.3 Å². The van der Waals surface area contributed by atoms with Crippen LogP contribution in [0.3, 0.4) is 0 Å². The van der Waals surface area contributed by atoms with Gasteiger partial charge in [-0.1, -0.05) is 12.2 Å². The van der Waals surface area contributed by atoms with Gasteiger partial charge in [-0.25, -0.2) is 4.39 Å². The van der Waals surface area contributed by atoms with Gasteiger partial charge in [-0.3, -0.25) is 10.1 Å². The number of non-ortho nitro benzene ring substituents is 1. The Hall–Kier alpha value is -1.71. The summed E-state index contributed by atoms with van der Waals surface area (Å²) in [6, 6.07) is 3.44. The molecule has 13 heavy (non-hydrogen) atoms. The summed E-state index contributed by atoms with van der Waals surface area (Å²) in [5, 5.41) is 10.3. The second-order valence-corrected chi connectivity index (χ2v) is 2.46. The lowest BCUT2D eigenvalue weighted by atomic mass is 10.2. The van der Waals surface area contributed by atoms with Crippen LogP contribution >= 0.6 is 0 Å². The molecule has 0 N–H and O–H groups in total. The third-order valence-electron chi connectivity index (χ3n) is 1.54. The first-order valence-electron chi connectivity index (χ1n) is 3.72. The molecule has 0 spiro atoms. The van der Waals surface area contributed by atoms with Crippen molar-refractivity contribution in [1.82, 2.24) is 0 Å². The van der Waals surface area contributed by atoms with Crippen LogP contribution in [0.2, 0.25) is 0 Å². The van der Waals surface area contributed by atoms with Crippen LogP contribution in [-0.2, 0) is 0 Å². The first kappa shape index (κ1) is 9.38. The zero-order chi connectivity index (χ0) is 9.84. The van der Waals surface area contributed by atoms with Gasteiger partial charge in [0, 0.05) is 17.7 Å². The van der Waals surface area contributed by atoms with Crippen LogP contribution in [0.25, 0.3) is 6.08 Å². The highest BCUT2D eigenvalue weighted by Gasteiger charge is 2.07. The molecule has 1 aromatic rings. The van der Waals surface area contributed by atoms with Crippen molar-refractivity contribution in [1.29, 1.82) is 0 Å². The molecule has 0 amide bonds. The minimum atomic E-state index is -0.549. The molecule has 68 valence electrons. The third-order valence-corrected chi connectivity index (χ3v) is 1.54. The molecule has 0 atom stereocenters. The van der Waals surface area contributed by atoms with Crippen LogP contribution < -0.4 is 0 Å². The number of rotatable bonds is 2. The topological polar surface area (TPSA) is 43.1 Å². The minimum absolute atomic E-state index is 0.102. The third kappa shape index (κ3) is 2.11. The average molecular weight is 181 g/mol. The molecule has 0 heterocycles. The molecule has 0 aliphatic carbocycles. The van der Waals surface area contributed by atoms with E-state index in [1.807, 2.05) is 0 Å². The molecule has 0 saturated heterocycles. The summed E-state index contributed by atoms with van der Waals surface area (Å²) in [6.07, 6.45) is 3.12. The van der Waals surface area contributed by atoms with Gasteiger partial charge in [0.25, 0.3) is 5.69 Å².